The first-order chi connectivity index (χ1) is 16.7. The van der Waals surface area contributed by atoms with Gasteiger partial charge in [0.1, 0.15) is 17.5 Å². The summed E-state index contributed by atoms with van der Waals surface area (Å²) in [5, 5.41) is 18.7. The number of hydrogen-bond donors (Lipinski definition) is 0. The molecular formula is C26H22N6OS. The van der Waals surface area contributed by atoms with Crippen LogP contribution in [0.1, 0.15) is 35.2 Å². The van der Waals surface area contributed by atoms with Crippen LogP contribution in [-0.4, -0.2) is 25.7 Å². The van der Waals surface area contributed by atoms with E-state index in [1.807, 2.05) is 46.9 Å². The first-order valence-corrected chi connectivity index (χ1v) is 12.0. The first-order valence-electron chi connectivity index (χ1n) is 11.1. The molecule has 7 nitrogen and oxygen atoms in total. The zero-order valence-corrected chi connectivity index (χ0v) is 19.6. The van der Waals surface area contributed by atoms with Gasteiger partial charge in [0.2, 0.25) is 5.13 Å². The van der Waals surface area contributed by atoms with Crippen LogP contribution in [0.25, 0.3) is 16.9 Å². The van der Waals surface area contributed by atoms with E-state index in [4.69, 9.17) is 14.5 Å². The molecule has 0 unspecified atom stereocenters. The highest BCUT2D eigenvalue weighted by atomic mass is 32.1. The van der Waals surface area contributed by atoms with Gasteiger partial charge in [-0.2, -0.15) is 5.10 Å². The molecule has 8 heteroatoms. The lowest BCUT2D eigenvalue weighted by atomic mass is 10.1. The maximum Gasteiger partial charge on any atom is 0.207 e. The van der Waals surface area contributed by atoms with Crippen molar-refractivity contribution in [2.45, 2.75) is 26.3 Å². The Morgan fingerprint density at radius 2 is 1.79 bits per heavy atom. The maximum absolute atomic E-state index is 5.78. The van der Waals surface area contributed by atoms with Crippen LogP contribution in [-0.2, 0) is 0 Å². The fourth-order valence-electron chi connectivity index (χ4n) is 4.17. The summed E-state index contributed by atoms with van der Waals surface area (Å²) < 4.78 is 7.64. The van der Waals surface area contributed by atoms with E-state index in [9.17, 15) is 0 Å². The third-order valence-corrected chi connectivity index (χ3v) is 6.82. The molecule has 0 spiro atoms. The van der Waals surface area contributed by atoms with Crippen molar-refractivity contribution in [1.29, 1.82) is 0 Å². The molecule has 4 heterocycles. The van der Waals surface area contributed by atoms with Crippen molar-refractivity contribution >= 4 is 22.2 Å². The fraction of sp³-hybridized carbons (Fsp3) is 0.154. The fourth-order valence-corrected chi connectivity index (χ4v) is 5.00. The number of hydrazone groups is 1. The maximum atomic E-state index is 5.78. The molecular weight excluding hydrogens is 444 g/mol. The highest BCUT2D eigenvalue weighted by Crippen LogP contribution is 2.39. The average molecular weight is 467 g/mol. The molecule has 0 bridgehead atoms. The lowest BCUT2D eigenvalue weighted by molar-refractivity contribution is 0.465. The van der Waals surface area contributed by atoms with E-state index in [0.717, 1.165) is 44.9 Å². The molecule has 0 fully saturated rings. The van der Waals surface area contributed by atoms with Gasteiger partial charge in [-0.25, -0.2) is 14.7 Å². The van der Waals surface area contributed by atoms with Crippen LogP contribution < -0.4 is 5.01 Å². The van der Waals surface area contributed by atoms with Crippen molar-refractivity contribution in [1.82, 2.24) is 20.0 Å². The molecule has 6 rings (SSSR count). The highest BCUT2D eigenvalue weighted by Gasteiger charge is 2.35. The van der Waals surface area contributed by atoms with E-state index in [1.165, 1.54) is 5.56 Å². The average Bonchev–Trinajstić information content (AvgIpc) is 3.65. The molecule has 0 saturated carbocycles. The number of rotatable bonds is 5. The van der Waals surface area contributed by atoms with Crippen LogP contribution in [0.4, 0.5) is 5.13 Å². The predicted octanol–water partition coefficient (Wildman–Crippen LogP) is 5.96. The van der Waals surface area contributed by atoms with Gasteiger partial charge in [-0.15, -0.1) is 16.4 Å². The van der Waals surface area contributed by atoms with E-state index in [2.05, 4.69) is 59.0 Å². The zero-order chi connectivity index (χ0) is 23.1. The molecule has 0 amide bonds. The number of anilines is 1. The Labute approximate surface area is 201 Å². The van der Waals surface area contributed by atoms with E-state index >= 15 is 0 Å². The highest BCUT2D eigenvalue weighted by molar-refractivity contribution is 7.14. The summed E-state index contributed by atoms with van der Waals surface area (Å²) >= 11 is 1.57. The van der Waals surface area contributed by atoms with Gasteiger partial charge in [0, 0.05) is 17.4 Å². The molecule has 2 aromatic carbocycles. The summed E-state index contributed by atoms with van der Waals surface area (Å²) in [5.74, 6) is 0.846. The van der Waals surface area contributed by atoms with Crippen LogP contribution in [0.5, 0.6) is 0 Å². The Kier molecular flexibility index (Phi) is 5.07. The summed E-state index contributed by atoms with van der Waals surface area (Å²) in [6, 6.07) is 22.2. The molecule has 3 aromatic heterocycles. The second kappa shape index (κ2) is 8.39. The van der Waals surface area contributed by atoms with Gasteiger partial charge in [-0.05, 0) is 38.1 Å². The normalized spacial score (nSPS) is 15.6. The molecule has 1 aliphatic heterocycles. The number of aromatic nitrogens is 4. The van der Waals surface area contributed by atoms with Crippen LogP contribution in [0.2, 0.25) is 0 Å². The van der Waals surface area contributed by atoms with Crippen LogP contribution in [0, 0.1) is 13.8 Å². The first kappa shape index (κ1) is 20.6. The molecule has 5 aromatic rings. The lowest BCUT2D eigenvalue weighted by Crippen LogP contribution is -2.17. The molecule has 168 valence electrons. The van der Waals surface area contributed by atoms with E-state index in [0.29, 0.717) is 6.42 Å². The summed E-state index contributed by atoms with van der Waals surface area (Å²) in [6.07, 6.45) is 2.35. The Morgan fingerprint density at radius 3 is 2.56 bits per heavy atom. The summed E-state index contributed by atoms with van der Waals surface area (Å²) in [7, 11) is 0. The van der Waals surface area contributed by atoms with Gasteiger partial charge in [0.05, 0.1) is 29.1 Å². The van der Waals surface area contributed by atoms with Gasteiger partial charge < -0.3 is 4.42 Å². The minimum absolute atomic E-state index is 0.0938. The Balaban J connectivity index is 1.37. The van der Waals surface area contributed by atoms with E-state index in [1.54, 1.807) is 17.6 Å². The number of furan rings is 1. The predicted molar refractivity (Wildman–Crippen MR) is 133 cm³/mol. The minimum atomic E-state index is -0.0938. The largest absolute Gasteiger partial charge is 0.467 e. The second-order valence-electron chi connectivity index (χ2n) is 8.28. The molecule has 0 aliphatic carbocycles. The Hall–Kier alpha value is -4.04. The molecule has 34 heavy (non-hydrogen) atoms. The summed E-state index contributed by atoms with van der Waals surface area (Å²) in [5.41, 5.74) is 6.81. The van der Waals surface area contributed by atoms with Gasteiger partial charge >= 0.3 is 0 Å². The molecule has 1 aliphatic rings. The Morgan fingerprint density at radius 1 is 0.971 bits per heavy atom. The van der Waals surface area contributed by atoms with Gasteiger partial charge in [-0.1, -0.05) is 53.2 Å². The van der Waals surface area contributed by atoms with E-state index in [-0.39, 0.29) is 6.04 Å². The van der Waals surface area contributed by atoms with Crippen LogP contribution in [0.3, 0.4) is 0 Å². The Bertz CT molecular complexity index is 1450. The lowest BCUT2D eigenvalue weighted by Gasteiger charge is -2.18. The SMILES string of the molecule is Cc1ccc(-n2nnc(C3=NN(c4nc(-c5ccccc5)cs4)[C@@H](c4ccco4)C3)c2C)cc1. The smallest absolute Gasteiger partial charge is 0.207 e. The van der Waals surface area contributed by atoms with Crippen molar-refractivity contribution < 1.29 is 4.42 Å². The minimum Gasteiger partial charge on any atom is -0.467 e. The van der Waals surface area contributed by atoms with Crippen LogP contribution in [0.15, 0.2) is 87.9 Å². The third-order valence-electron chi connectivity index (χ3n) is 5.99. The van der Waals surface area contributed by atoms with E-state index < -0.39 is 0 Å². The van der Waals surface area contributed by atoms with Crippen LogP contribution >= 0.6 is 11.3 Å². The number of thiazole rings is 1. The van der Waals surface area contributed by atoms with Gasteiger partial charge in [0.25, 0.3) is 0 Å². The van der Waals surface area contributed by atoms with Crippen molar-refractivity contribution in [3.63, 3.8) is 0 Å². The number of benzene rings is 2. The number of aryl methyl sites for hydroxylation is 1. The summed E-state index contributed by atoms with van der Waals surface area (Å²) in [6.45, 7) is 4.10. The molecule has 0 radical (unpaired) electrons. The van der Waals surface area contributed by atoms with Crippen molar-refractivity contribution in [2.75, 3.05) is 5.01 Å². The molecule has 0 N–H and O–H groups in total. The number of hydrogen-bond acceptors (Lipinski definition) is 7. The van der Waals surface area contributed by atoms with Gasteiger partial charge in [0.15, 0.2) is 0 Å². The van der Waals surface area contributed by atoms with Gasteiger partial charge in [-0.3, -0.25) is 0 Å². The standard InChI is InChI=1S/C26H22N6OS/c1-17-10-12-20(13-11-17)31-18(2)25(28-30-31)21-15-23(24-9-6-14-33-24)32(29-21)26-27-22(16-34-26)19-7-4-3-5-8-19/h3-14,16,23H,15H2,1-2H3/t23-/m1/s1. The number of nitrogens with zero attached hydrogens (tertiary/aromatic N) is 6. The summed E-state index contributed by atoms with van der Waals surface area (Å²) in [4.78, 5) is 4.89. The monoisotopic (exact) mass is 466 g/mol. The van der Waals surface area contributed by atoms with Crippen molar-refractivity contribution in [3.05, 3.63) is 101 Å². The van der Waals surface area contributed by atoms with Crippen molar-refractivity contribution in [2.24, 2.45) is 5.10 Å². The zero-order valence-electron chi connectivity index (χ0n) is 18.8. The van der Waals surface area contributed by atoms with Crippen molar-refractivity contribution in [3.8, 4) is 16.9 Å². The second-order valence-corrected chi connectivity index (χ2v) is 9.12. The topological polar surface area (TPSA) is 72.3 Å². The third kappa shape index (κ3) is 3.62. The quantitative estimate of drug-likeness (QED) is 0.320. The molecule has 0 saturated heterocycles. The molecule has 1 atom stereocenters.